The van der Waals surface area contributed by atoms with Gasteiger partial charge in [-0.1, -0.05) is 140 Å². The average Bonchev–Trinajstić information content (AvgIpc) is 3.93. The predicted octanol–water partition coefficient (Wildman–Crippen LogP) is 18.4. The van der Waals surface area contributed by atoms with E-state index in [0.29, 0.717) is 0 Å². The number of para-hydroxylation sites is 3. The molecule has 0 aliphatic rings. The lowest BCUT2D eigenvalue weighted by molar-refractivity contribution is 1.25. The summed E-state index contributed by atoms with van der Waals surface area (Å²) in [4.78, 5) is 4.81. The molecule has 0 bridgehead atoms. The molecule has 0 atom stereocenters. The van der Waals surface area contributed by atoms with Gasteiger partial charge in [0.1, 0.15) is 0 Å². The van der Waals surface area contributed by atoms with Crippen molar-refractivity contribution < 1.29 is 0 Å². The van der Waals surface area contributed by atoms with E-state index in [2.05, 4.69) is 252 Å². The highest BCUT2D eigenvalue weighted by molar-refractivity contribution is 7.26. The molecule has 0 aliphatic heterocycles. The Bertz CT molecular complexity index is 3580. The largest absolute Gasteiger partial charge is 0.310 e. The first kappa shape index (κ1) is 38.0. The molecule has 10 aromatic carbocycles. The quantitative estimate of drug-likeness (QED) is 0.143. The van der Waals surface area contributed by atoms with Crippen LogP contribution in [-0.2, 0) is 0 Å². The fourth-order valence-corrected chi connectivity index (χ4v) is 11.4. The molecule has 0 unspecified atom stereocenters. The molecule has 302 valence electrons. The predicted molar refractivity (Wildman–Crippen MR) is 278 cm³/mol. The Morgan fingerprint density at radius 2 is 0.594 bits per heavy atom. The molecule has 0 saturated heterocycles. The van der Waals surface area contributed by atoms with Gasteiger partial charge in [0.05, 0.1) is 0 Å². The first-order valence-corrected chi connectivity index (χ1v) is 23.3. The minimum atomic E-state index is 1.06. The highest BCUT2D eigenvalue weighted by Crippen LogP contribution is 2.46. The lowest BCUT2D eigenvalue weighted by atomic mass is 9.96. The molecular weight excluding hydrogens is 813 g/mol. The number of hydrogen-bond acceptors (Lipinski definition) is 4. The SMILES string of the molecule is c1ccc(-c2cc(-c3ccc4c(c3)sc3ccccc34)cc(N(c3ccccc3)c3cc(-c4ccc5sc6ccccc6c5c4)cc(N(c4ccccc4)c4ccccc4)c3)c2)cc1. The molecule has 0 spiro atoms. The third kappa shape index (κ3) is 7.00. The summed E-state index contributed by atoms with van der Waals surface area (Å²) >= 11 is 3.72. The Morgan fingerprint density at radius 3 is 1.19 bits per heavy atom. The van der Waals surface area contributed by atoms with Crippen molar-refractivity contribution in [1.82, 2.24) is 0 Å². The molecule has 0 N–H and O–H groups in total. The molecule has 12 rings (SSSR count). The van der Waals surface area contributed by atoms with Crippen LogP contribution >= 0.6 is 22.7 Å². The van der Waals surface area contributed by atoms with E-state index in [0.717, 1.165) is 50.8 Å². The van der Waals surface area contributed by atoms with E-state index in [1.54, 1.807) is 0 Å². The first-order chi connectivity index (χ1) is 31.7. The molecule has 0 fully saturated rings. The van der Waals surface area contributed by atoms with Crippen molar-refractivity contribution in [2.24, 2.45) is 0 Å². The van der Waals surface area contributed by atoms with Gasteiger partial charge >= 0.3 is 0 Å². The van der Waals surface area contributed by atoms with Crippen LogP contribution in [0, 0.1) is 0 Å². The summed E-state index contributed by atoms with van der Waals surface area (Å²) in [6.45, 7) is 0. The molecule has 2 heterocycles. The van der Waals surface area contributed by atoms with Crippen LogP contribution in [0.4, 0.5) is 34.1 Å². The van der Waals surface area contributed by atoms with Gasteiger partial charge in [-0.25, -0.2) is 0 Å². The fourth-order valence-electron chi connectivity index (χ4n) is 9.16. The van der Waals surface area contributed by atoms with Crippen LogP contribution < -0.4 is 9.80 Å². The number of rotatable bonds is 9. The Kier molecular flexibility index (Phi) is 9.59. The summed E-state index contributed by atoms with van der Waals surface area (Å²) in [5.74, 6) is 0. The topological polar surface area (TPSA) is 6.48 Å². The zero-order valence-electron chi connectivity index (χ0n) is 34.8. The second-order valence-corrected chi connectivity index (χ2v) is 18.3. The van der Waals surface area contributed by atoms with Gasteiger partial charge in [0, 0.05) is 74.5 Å². The Morgan fingerprint density at radius 1 is 0.203 bits per heavy atom. The van der Waals surface area contributed by atoms with Gasteiger partial charge in [0.25, 0.3) is 0 Å². The molecule has 0 saturated carbocycles. The molecule has 64 heavy (non-hydrogen) atoms. The van der Waals surface area contributed by atoms with Crippen molar-refractivity contribution in [2.75, 3.05) is 9.80 Å². The number of fused-ring (bicyclic) bond motifs is 6. The van der Waals surface area contributed by atoms with E-state index in [9.17, 15) is 0 Å². The first-order valence-electron chi connectivity index (χ1n) is 21.6. The lowest BCUT2D eigenvalue weighted by Crippen LogP contribution is -2.14. The maximum Gasteiger partial charge on any atom is 0.0488 e. The van der Waals surface area contributed by atoms with Crippen LogP contribution in [0.1, 0.15) is 0 Å². The number of hydrogen-bond donors (Lipinski definition) is 0. The molecule has 2 aromatic heterocycles. The third-order valence-corrected chi connectivity index (χ3v) is 14.5. The molecule has 2 nitrogen and oxygen atoms in total. The number of nitrogens with zero attached hydrogens (tertiary/aromatic N) is 2. The van der Waals surface area contributed by atoms with Crippen molar-refractivity contribution in [3.63, 3.8) is 0 Å². The van der Waals surface area contributed by atoms with Crippen LogP contribution in [0.3, 0.4) is 0 Å². The highest BCUT2D eigenvalue weighted by atomic mass is 32.1. The summed E-state index contributed by atoms with van der Waals surface area (Å²) in [5, 5.41) is 5.18. The maximum atomic E-state index is 2.44. The van der Waals surface area contributed by atoms with Gasteiger partial charge in [-0.15, -0.1) is 22.7 Å². The Labute approximate surface area is 380 Å². The van der Waals surface area contributed by atoms with Crippen molar-refractivity contribution in [1.29, 1.82) is 0 Å². The molecule has 0 aliphatic carbocycles. The smallest absolute Gasteiger partial charge is 0.0488 e. The van der Waals surface area contributed by atoms with Gasteiger partial charge in [-0.2, -0.15) is 0 Å². The van der Waals surface area contributed by atoms with E-state index >= 15 is 0 Å². The van der Waals surface area contributed by atoms with Gasteiger partial charge in [-0.05, 0) is 137 Å². The van der Waals surface area contributed by atoms with Gasteiger partial charge in [0.15, 0.2) is 0 Å². The molecule has 12 aromatic rings. The van der Waals surface area contributed by atoms with Crippen molar-refractivity contribution in [3.8, 4) is 33.4 Å². The van der Waals surface area contributed by atoms with E-state index < -0.39 is 0 Å². The lowest BCUT2D eigenvalue weighted by Gasteiger charge is -2.31. The number of thiophene rings is 2. The van der Waals surface area contributed by atoms with Gasteiger partial charge in [0.2, 0.25) is 0 Å². The van der Waals surface area contributed by atoms with Gasteiger partial charge in [-0.3, -0.25) is 0 Å². The molecular formula is C60H40N2S2. The summed E-state index contributed by atoms with van der Waals surface area (Å²) in [6, 6.07) is 88.6. The normalized spacial score (nSPS) is 11.4. The van der Waals surface area contributed by atoms with E-state index in [1.807, 2.05) is 22.7 Å². The van der Waals surface area contributed by atoms with Crippen molar-refractivity contribution >= 4 is 97.1 Å². The maximum absolute atomic E-state index is 2.44. The zero-order chi connectivity index (χ0) is 42.4. The van der Waals surface area contributed by atoms with Crippen LogP contribution in [-0.4, -0.2) is 0 Å². The second kappa shape index (κ2) is 16.2. The van der Waals surface area contributed by atoms with Crippen molar-refractivity contribution in [2.45, 2.75) is 0 Å². The Balaban J connectivity index is 1.11. The third-order valence-electron chi connectivity index (χ3n) is 12.2. The monoisotopic (exact) mass is 852 g/mol. The Hall–Kier alpha value is -7.76. The van der Waals surface area contributed by atoms with Gasteiger partial charge < -0.3 is 9.80 Å². The minimum Gasteiger partial charge on any atom is -0.310 e. The van der Waals surface area contributed by atoms with Crippen LogP contribution in [0.2, 0.25) is 0 Å². The highest BCUT2D eigenvalue weighted by Gasteiger charge is 2.21. The summed E-state index contributed by atoms with van der Waals surface area (Å²) in [6.07, 6.45) is 0. The summed E-state index contributed by atoms with van der Waals surface area (Å²) in [5.41, 5.74) is 13.4. The average molecular weight is 853 g/mol. The van der Waals surface area contributed by atoms with Crippen LogP contribution in [0.25, 0.3) is 73.7 Å². The fraction of sp³-hybridized carbons (Fsp3) is 0. The number of anilines is 6. The summed E-state index contributed by atoms with van der Waals surface area (Å²) < 4.78 is 5.20. The zero-order valence-corrected chi connectivity index (χ0v) is 36.4. The molecule has 0 radical (unpaired) electrons. The van der Waals surface area contributed by atoms with Crippen molar-refractivity contribution in [3.05, 3.63) is 243 Å². The standard InChI is InChI=1S/C60H40N2S2/c1-5-17-41(18-6-1)44-33-45(43-29-31-55-53-25-13-15-27-57(53)64-60(55)39-43)35-50(34-44)62(49-23-11-4-12-24-49)52-37-46(42-30-32-59-56(38-42)54-26-14-16-28-58(54)63-59)36-51(40-52)61(47-19-7-2-8-20-47)48-21-9-3-10-22-48/h1-40H. The number of benzene rings is 10. The van der Waals surface area contributed by atoms with Crippen LogP contribution in [0.5, 0.6) is 0 Å². The molecule has 0 amide bonds. The van der Waals surface area contributed by atoms with E-state index in [-0.39, 0.29) is 0 Å². The molecule has 4 heteroatoms. The van der Waals surface area contributed by atoms with E-state index in [1.165, 1.54) is 57.0 Å². The van der Waals surface area contributed by atoms with Crippen LogP contribution in [0.15, 0.2) is 243 Å². The minimum absolute atomic E-state index is 1.06. The second-order valence-electron chi connectivity index (χ2n) is 16.2. The summed E-state index contributed by atoms with van der Waals surface area (Å²) in [7, 11) is 0. The van der Waals surface area contributed by atoms with E-state index in [4.69, 9.17) is 0 Å².